The van der Waals surface area contributed by atoms with Crippen molar-refractivity contribution in [3.05, 3.63) is 36.7 Å². The number of para-hydroxylation sites is 1. The Balaban J connectivity index is 2.12. The minimum atomic E-state index is 0.201. The summed E-state index contributed by atoms with van der Waals surface area (Å²) in [5.41, 5.74) is 0.953. The van der Waals surface area contributed by atoms with Crippen LogP contribution in [0.1, 0.15) is 0 Å². The molecule has 17 heavy (non-hydrogen) atoms. The van der Waals surface area contributed by atoms with Crippen molar-refractivity contribution < 1.29 is 4.79 Å². The summed E-state index contributed by atoms with van der Waals surface area (Å²) in [7, 11) is 1.87. The van der Waals surface area contributed by atoms with E-state index >= 15 is 0 Å². The van der Waals surface area contributed by atoms with E-state index < -0.39 is 0 Å². The van der Waals surface area contributed by atoms with Crippen molar-refractivity contribution in [3.8, 4) is 0 Å². The van der Waals surface area contributed by atoms with Gasteiger partial charge in [-0.25, -0.2) is 14.3 Å². The lowest BCUT2D eigenvalue weighted by Crippen LogP contribution is -2.43. The largest absolute Gasteiger partial charge is 0.307 e. The van der Waals surface area contributed by atoms with Gasteiger partial charge in [-0.2, -0.15) is 5.10 Å². The Kier molecular flexibility index (Phi) is 3.55. The Hall–Kier alpha value is -1.66. The van der Waals surface area contributed by atoms with Crippen LogP contribution in [0.3, 0.4) is 0 Å². The average molecular weight is 249 g/mol. The summed E-state index contributed by atoms with van der Waals surface area (Å²) in [6.07, 6.45) is 2.38. The molecule has 2 rings (SSSR count). The molecule has 0 saturated heterocycles. The lowest BCUT2D eigenvalue weighted by Gasteiger charge is -2.25. The molecule has 0 aliphatic heterocycles. The molecule has 0 bridgehead atoms. The van der Waals surface area contributed by atoms with Gasteiger partial charge in [-0.3, -0.25) is 5.10 Å². The van der Waals surface area contributed by atoms with E-state index in [4.69, 9.17) is 0 Å². The van der Waals surface area contributed by atoms with Crippen LogP contribution in [0, 0.1) is 0 Å². The lowest BCUT2D eigenvalue weighted by molar-refractivity contribution is -0.115. The van der Waals surface area contributed by atoms with Crippen LogP contribution in [-0.2, 0) is 4.79 Å². The number of aromatic nitrogens is 3. The third-order valence-electron chi connectivity index (χ3n) is 2.44. The van der Waals surface area contributed by atoms with E-state index in [1.165, 1.54) is 18.1 Å². The molecule has 2 aromatic rings. The molecule has 1 N–H and O–H groups in total. The zero-order valence-electron chi connectivity index (χ0n) is 9.41. The van der Waals surface area contributed by atoms with Crippen LogP contribution in [-0.4, -0.2) is 34.5 Å². The van der Waals surface area contributed by atoms with Crippen LogP contribution in [0.5, 0.6) is 0 Å². The number of nitrogens with one attached hydrogen (secondary N) is 1. The van der Waals surface area contributed by atoms with Gasteiger partial charge in [-0.15, -0.1) is 0 Å². The van der Waals surface area contributed by atoms with Crippen LogP contribution < -0.4 is 4.48 Å². The monoisotopic (exact) mass is 249 g/mol. The van der Waals surface area contributed by atoms with Gasteiger partial charge in [0.05, 0.1) is 7.05 Å². The number of thioether (sulfide) groups is 1. The summed E-state index contributed by atoms with van der Waals surface area (Å²) in [6, 6.07) is 9.66. The molecule has 88 valence electrons. The second-order valence-electron chi connectivity index (χ2n) is 3.77. The molecule has 0 saturated carbocycles. The smallest absolute Gasteiger partial charge is 0.254 e. The lowest BCUT2D eigenvalue weighted by atomic mass is 10.3. The van der Waals surface area contributed by atoms with Crippen molar-refractivity contribution in [2.75, 3.05) is 12.9 Å². The van der Waals surface area contributed by atoms with E-state index in [1.54, 1.807) is 0 Å². The Labute approximate surface area is 103 Å². The van der Waals surface area contributed by atoms with E-state index in [2.05, 4.69) is 15.2 Å². The average Bonchev–Trinajstić information content (AvgIpc) is 2.90. The first-order valence-corrected chi connectivity index (χ1v) is 6.08. The Morgan fingerprint density at radius 3 is 2.76 bits per heavy atom. The number of H-pyrrole nitrogens is 1. The Morgan fingerprint density at radius 2 is 2.18 bits per heavy atom. The van der Waals surface area contributed by atoms with Gasteiger partial charge in [0.15, 0.2) is 5.16 Å². The van der Waals surface area contributed by atoms with Gasteiger partial charge < -0.3 is 0 Å². The molecule has 1 unspecified atom stereocenters. The van der Waals surface area contributed by atoms with Crippen LogP contribution in [0.15, 0.2) is 41.8 Å². The number of hydrogen-bond donors (Lipinski definition) is 1. The van der Waals surface area contributed by atoms with Gasteiger partial charge in [0.1, 0.15) is 17.9 Å². The maximum atomic E-state index is 11.3. The first-order chi connectivity index (χ1) is 8.24. The van der Waals surface area contributed by atoms with E-state index in [0.717, 1.165) is 12.1 Å². The van der Waals surface area contributed by atoms with Gasteiger partial charge in [-0.1, -0.05) is 18.2 Å². The molecule has 0 spiro atoms. The number of hydrogen-bond acceptors (Lipinski definition) is 4. The van der Waals surface area contributed by atoms with E-state index in [1.807, 2.05) is 37.4 Å². The molecule has 0 radical (unpaired) electrons. The fourth-order valence-electron chi connectivity index (χ4n) is 1.39. The number of rotatable bonds is 5. The van der Waals surface area contributed by atoms with E-state index in [-0.39, 0.29) is 4.48 Å². The van der Waals surface area contributed by atoms with Gasteiger partial charge in [-0.05, 0) is 23.9 Å². The first-order valence-electron chi connectivity index (χ1n) is 5.10. The molecule has 1 aromatic heterocycles. The van der Waals surface area contributed by atoms with E-state index in [0.29, 0.717) is 11.0 Å². The van der Waals surface area contributed by atoms with Crippen LogP contribution in [0.25, 0.3) is 0 Å². The summed E-state index contributed by atoms with van der Waals surface area (Å²) in [4.78, 5) is 15.3. The molecule has 0 fully saturated rings. The predicted octanol–water partition coefficient (Wildman–Crippen LogP) is 1.65. The summed E-state index contributed by atoms with van der Waals surface area (Å²) in [6.45, 7) is 0. The molecule has 6 heteroatoms. The SMILES string of the molecule is C[N+](C=O)(CSc1ncn[nH]1)c1ccccc1. The second-order valence-corrected chi connectivity index (χ2v) is 4.71. The summed E-state index contributed by atoms with van der Waals surface area (Å²) in [5.74, 6) is 0.572. The number of quaternary nitrogens is 1. The number of carbonyl (C=O) groups is 1. The zero-order chi connectivity index (χ0) is 12.1. The highest BCUT2D eigenvalue weighted by molar-refractivity contribution is 7.99. The third kappa shape index (κ3) is 2.72. The number of aromatic amines is 1. The Morgan fingerprint density at radius 1 is 1.41 bits per heavy atom. The van der Waals surface area contributed by atoms with Gasteiger partial charge in [0, 0.05) is 0 Å². The topological polar surface area (TPSA) is 58.6 Å². The quantitative estimate of drug-likeness (QED) is 0.379. The highest BCUT2D eigenvalue weighted by Gasteiger charge is 2.24. The van der Waals surface area contributed by atoms with Gasteiger partial charge >= 0.3 is 6.41 Å². The van der Waals surface area contributed by atoms with Crippen molar-refractivity contribution in [1.29, 1.82) is 0 Å². The van der Waals surface area contributed by atoms with Crippen molar-refractivity contribution in [2.24, 2.45) is 0 Å². The minimum absolute atomic E-state index is 0.201. The van der Waals surface area contributed by atoms with Crippen molar-refractivity contribution in [3.63, 3.8) is 0 Å². The molecule has 0 aliphatic carbocycles. The Bertz CT molecular complexity index is 473. The molecular formula is C11H13N4OS+. The fourth-order valence-corrected chi connectivity index (χ4v) is 2.23. The zero-order valence-corrected chi connectivity index (χ0v) is 10.2. The summed E-state index contributed by atoms with van der Waals surface area (Å²) >= 11 is 1.47. The first kappa shape index (κ1) is 11.8. The highest BCUT2D eigenvalue weighted by Crippen LogP contribution is 2.24. The summed E-state index contributed by atoms with van der Waals surface area (Å²) in [5, 5.41) is 7.25. The van der Waals surface area contributed by atoms with Crippen molar-refractivity contribution >= 4 is 23.9 Å². The molecular weight excluding hydrogens is 236 g/mol. The molecule has 1 heterocycles. The van der Waals surface area contributed by atoms with Crippen LogP contribution in [0.2, 0.25) is 0 Å². The molecule has 1 aromatic carbocycles. The number of nitrogens with zero attached hydrogens (tertiary/aromatic N) is 3. The maximum absolute atomic E-state index is 11.3. The predicted molar refractivity (Wildman–Crippen MR) is 67.3 cm³/mol. The van der Waals surface area contributed by atoms with Crippen LogP contribution >= 0.6 is 11.8 Å². The second kappa shape index (κ2) is 5.11. The van der Waals surface area contributed by atoms with Crippen LogP contribution in [0.4, 0.5) is 5.69 Å². The molecule has 1 amide bonds. The normalized spacial score (nSPS) is 14.2. The van der Waals surface area contributed by atoms with Crippen molar-refractivity contribution in [1.82, 2.24) is 19.7 Å². The van der Waals surface area contributed by atoms with Crippen molar-refractivity contribution in [2.45, 2.75) is 5.16 Å². The fraction of sp³-hybridized carbons (Fsp3) is 0.182. The number of benzene rings is 1. The summed E-state index contributed by atoms with van der Waals surface area (Å²) < 4.78 is 0.201. The van der Waals surface area contributed by atoms with Gasteiger partial charge in [0.25, 0.3) is 0 Å². The highest BCUT2D eigenvalue weighted by atomic mass is 32.2. The molecule has 1 atom stereocenters. The third-order valence-corrected chi connectivity index (χ3v) is 3.58. The number of carbonyl (C=O) groups excluding carboxylic acids is 1. The molecule has 5 nitrogen and oxygen atoms in total. The van der Waals surface area contributed by atoms with E-state index in [9.17, 15) is 4.79 Å². The maximum Gasteiger partial charge on any atom is 0.307 e. The minimum Gasteiger partial charge on any atom is -0.254 e. The van der Waals surface area contributed by atoms with Gasteiger partial charge in [0.2, 0.25) is 0 Å². The number of amides is 1. The standard InChI is InChI=1S/C11H13N4OS/c1-15(8-16,10-5-3-2-4-6-10)9-17-11-12-7-13-14-11/h2-8H,9H2,1H3,(H,12,13,14)/q+1. The molecule has 0 aliphatic rings.